The van der Waals surface area contributed by atoms with E-state index >= 15 is 0 Å². The van der Waals surface area contributed by atoms with E-state index in [4.69, 9.17) is 16.3 Å². The predicted molar refractivity (Wildman–Crippen MR) is 81.2 cm³/mol. The average molecular weight is 282 g/mol. The third-order valence-electron chi connectivity index (χ3n) is 3.97. The van der Waals surface area contributed by atoms with Crippen molar-refractivity contribution in [3.05, 3.63) is 28.8 Å². The highest BCUT2D eigenvalue weighted by Gasteiger charge is 2.33. The van der Waals surface area contributed by atoms with E-state index in [9.17, 15) is 0 Å². The normalized spacial score (nSPS) is 22.4. The molecular formula is C16H24ClNO. The maximum atomic E-state index is 6.12. The average Bonchev–Trinajstić information content (AvgIpc) is 2.33. The fourth-order valence-corrected chi connectivity index (χ4v) is 2.96. The van der Waals surface area contributed by atoms with Crippen LogP contribution in [0.5, 0.6) is 5.75 Å². The Morgan fingerprint density at radius 2 is 2.16 bits per heavy atom. The Labute approximate surface area is 121 Å². The van der Waals surface area contributed by atoms with Crippen molar-refractivity contribution in [2.24, 2.45) is 11.8 Å². The second-order valence-corrected chi connectivity index (χ2v) is 6.32. The van der Waals surface area contributed by atoms with Crippen LogP contribution in [0.4, 0.5) is 0 Å². The maximum absolute atomic E-state index is 6.12. The van der Waals surface area contributed by atoms with Crippen molar-refractivity contribution in [1.29, 1.82) is 0 Å². The lowest BCUT2D eigenvalue weighted by atomic mass is 9.69. The van der Waals surface area contributed by atoms with E-state index in [1.54, 1.807) is 7.11 Å². The molecule has 1 aliphatic rings. The Balaban J connectivity index is 1.99. The van der Waals surface area contributed by atoms with Crippen LogP contribution in [0.15, 0.2) is 18.2 Å². The molecular weight excluding hydrogens is 258 g/mol. The SMILES string of the molecule is COc1ccc(Cl)cc1C1CCC1CNCC(C)C. The van der Waals surface area contributed by atoms with E-state index < -0.39 is 0 Å². The zero-order valence-corrected chi connectivity index (χ0v) is 12.8. The molecule has 1 aromatic carbocycles. The van der Waals surface area contributed by atoms with Crippen LogP contribution in [0.3, 0.4) is 0 Å². The largest absolute Gasteiger partial charge is 0.496 e. The van der Waals surface area contributed by atoms with E-state index in [1.165, 1.54) is 18.4 Å². The third-order valence-corrected chi connectivity index (χ3v) is 4.20. The molecule has 0 aromatic heterocycles. The molecule has 1 N–H and O–H groups in total. The van der Waals surface area contributed by atoms with Gasteiger partial charge in [-0.25, -0.2) is 0 Å². The number of rotatable bonds is 6. The molecule has 2 atom stereocenters. The number of benzene rings is 1. The summed E-state index contributed by atoms with van der Waals surface area (Å²) in [6.07, 6.45) is 2.54. The summed E-state index contributed by atoms with van der Waals surface area (Å²) < 4.78 is 5.47. The van der Waals surface area contributed by atoms with Gasteiger partial charge in [0, 0.05) is 5.02 Å². The molecule has 0 aliphatic heterocycles. The van der Waals surface area contributed by atoms with Gasteiger partial charge in [0.25, 0.3) is 0 Å². The standard InChI is InChI=1S/C16H24ClNO/c1-11(2)9-18-10-12-4-6-14(12)15-8-13(17)5-7-16(15)19-3/h5,7-8,11-12,14,18H,4,6,9-10H2,1-3H3. The summed E-state index contributed by atoms with van der Waals surface area (Å²) in [7, 11) is 1.73. The van der Waals surface area contributed by atoms with Crippen LogP contribution >= 0.6 is 11.6 Å². The van der Waals surface area contributed by atoms with Gasteiger partial charge < -0.3 is 10.1 Å². The molecule has 2 unspecified atom stereocenters. The zero-order valence-electron chi connectivity index (χ0n) is 12.1. The molecule has 1 saturated carbocycles. The van der Waals surface area contributed by atoms with E-state index in [0.717, 1.165) is 23.9 Å². The molecule has 1 aliphatic carbocycles. The number of hydrogen-bond donors (Lipinski definition) is 1. The molecule has 0 heterocycles. The van der Waals surface area contributed by atoms with Gasteiger partial charge in [-0.15, -0.1) is 0 Å². The Bertz CT molecular complexity index is 419. The van der Waals surface area contributed by atoms with Gasteiger partial charge in [-0.3, -0.25) is 0 Å². The van der Waals surface area contributed by atoms with Gasteiger partial charge in [-0.2, -0.15) is 0 Å². The first-order valence-corrected chi connectivity index (χ1v) is 7.53. The van der Waals surface area contributed by atoms with Gasteiger partial charge >= 0.3 is 0 Å². The van der Waals surface area contributed by atoms with Crippen molar-refractivity contribution >= 4 is 11.6 Å². The fraction of sp³-hybridized carbons (Fsp3) is 0.625. The van der Waals surface area contributed by atoms with E-state index in [0.29, 0.717) is 17.8 Å². The minimum absolute atomic E-state index is 0.591. The van der Waals surface area contributed by atoms with Crippen molar-refractivity contribution < 1.29 is 4.74 Å². The minimum Gasteiger partial charge on any atom is -0.496 e. The lowest BCUT2D eigenvalue weighted by Crippen LogP contribution is -2.35. The summed E-state index contributed by atoms with van der Waals surface area (Å²) in [4.78, 5) is 0. The summed E-state index contributed by atoms with van der Waals surface area (Å²) in [5.74, 6) is 2.99. The highest BCUT2D eigenvalue weighted by molar-refractivity contribution is 6.30. The maximum Gasteiger partial charge on any atom is 0.122 e. The smallest absolute Gasteiger partial charge is 0.122 e. The number of nitrogens with one attached hydrogen (secondary N) is 1. The van der Waals surface area contributed by atoms with Crippen LogP contribution in [0.2, 0.25) is 5.02 Å². The first-order valence-electron chi connectivity index (χ1n) is 7.16. The third kappa shape index (κ3) is 3.64. The van der Waals surface area contributed by atoms with Gasteiger partial charge in [0.15, 0.2) is 0 Å². The molecule has 0 amide bonds. The van der Waals surface area contributed by atoms with Crippen LogP contribution in [0.25, 0.3) is 0 Å². The fourth-order valence-electron chi connectivity index (χ4n) is 2.78. The molecule has 0 bridgehead atoms. The molecule has 1 aromatic rings. The minimum atomic E-state index is 0.591. The molecule has 3 heteroatoms. The zero-order chi connectivity index (χ0) is 13.8. The van der Waals surface area contributed by atoms with Crippen molar-refractivity contribution in [3.63, 3.8) is 0 Å². The lowest BCUT2D eigenvalue weighted by molar-refractivity contribution is 0.237. The molecule has 0 radical (unpaired) electrons. The van der Waals surface area contributed by atoms with Crippen molar-refractivity contribution in [3.8, 4) is 5.75 Å². The Morgan fingerprint density at radius 1 is 1.37 bits per heavy atom. The highest BCUT2D eigenvalue weighted by atomic mass is 35.5. The van der Waals surface area contributed by atoms with Gasteiger partial charge in [0.2, 0.25) is 0 Å². The van der Waals surface area contributed by atoms with E-state index in [2.05, 4.69) is 25.2 Å². The monoisotopic (exact) mass is 281 g/mol. The molecule has 0 saturated heterocycles. The Morgan fingerprint density at radius 3 is 2.74 bits per heavy atom. The summed E-state index contributed by atoms with van der Waals surface area (Å²) in [6.45, 7) is 6.67. The number of methoxy groups -OCH3 is 1. The summed E-state index contributed by atoms with van der Waals surface area (Å²) >= 11 is 6.12. The number of halogens is 1. The van der Waals surface area contributed by atoms with E-state index in [-0.39, 0.29) is 0 Å². The molecule has 0 spiro atoms. The Kier molecular flexibility index (Phi) is 5.12. The van der Waals surface area contributed by atoms with Crippen LogP contribution in [0, 0.1) is 11.8 Å². The number of hydrogen-bond acceptors (Lipinski definition) is 2. The van der Waals surface area contributed by atoms with Gasteiger partial charge in [-0.1, -0.05) is 25.4 Å². The summed E-state index contributed by atoms with van der Waals surface area (Å²) in [6, 6.07) is 5.95. The first kappa shape index (κ1) is 14.7. The summed E-state index contributed by atoms with van der Waals surface area (Å²) in [5, 5.41) is 4.37. The van der Waals surface area contributed by atoms with Crippen LogP contribution in [-0.4, -0.2) is 20.2 Å². The second-order valence-electron chi connectivity index (χ2n) is 5.88. The molecule has 1 fully saturated rings. The summed E-state index contributed by atoms with van der Waals surface area (Å²) in [5.41, 5.74) is 1.28. The predicted octanol–water partition coefficient (Wildman–Crippen LogP) is 4.09. The Hall–Kier alpha value is -0.730. The van der Waals surface area contributed by atoms with Crippen LogP contribution in [-0.2, 0) is 0 Å². The molecule has 2 nitrogen and oxygen atoms in total. The lowest BCUT2D eigenvalue weighted by Gasteiger charge is -2.38. The highest BCUT2D eigenvalue weighted by Crippen LogP contribution is 2.46. The molecule has 106 valence electrons. The van der Waals surface area contributed by atoms with E-state index in [1.807, 2.05) is 12.1 Å². The van der Waals surface area contributed by atoms with Crippen molar-refractivity contribution in [1.82, 2.24) is 5.32 Å². The number of ether oxygens (including phenoxy) is 1. The first-order chi connectivity index (χ1) is 9.11. The van der Waals surface area contributed by atoms with Crippen LogP contribution < -0.4 is 10.1 Å². The van der Waals surface area contributed by atoms with Gasteiger partial charge in [0.05, 0.1) is 7.11 Å². The van der Waals surface area contributed by atoms with Crippen molar-refractivity contribution in [2.75, 3.05) is 20.2 Å². The second kappa shape index (κ2) is 6.62. The topological polar surface area (TPSA) is 21.3 Å². The van der Waals surface area contributed by atoms with Crippen molar-refractivity contribution in [2.45, 2.75) is 32.6 Å². The van der Waals surface area contributed by atoms with Gasteiger partial charge in [0.1, 0.15) is 5.75 Å². The van der Waals surface area contributed by atoms with Gasteiger partial charge in [-0.05, 0) is 67.4 Å². The molecule has 2 rings (SSSR count). The quantitative estimate of drug-likeness (QED) is 0.848. The molecule has 19 heavy (non-hydrogen) atoms. The van der Waals surface area contributed by atoms with Crippen LogP contribution in [0.1, 0.15) is 38.2 Å².